The highest BCUT2D eigenvalue weighted by Crippen LogP contribution is 2.33. The number of nitrogens with one attached hydrogen (secondary N) is 1. The van der Waals surface area contributed by atoms with Crippen molar-refractivity contribution in [2.24, 2.45) is 5.92 Å². The Bertz CT molecular complexity index is 541. The topological polar surface area (TPSA) is 84.7 Å². The first-order valence-corrected chi connectivity index (χ1v) is 4.89. The van der Waals surface area contributed by atoms with Crippen molar-refractivity contribution in [3.05, 3.63) is 18.0 Å². The van der Waals surface area contributed by atoms with E-state index in [9.17, 15) is 4.79 Å². The Hall–Kier alpha value is -1.91. The molecule has 15 heavy (non-hydrogen) atoms. The molecule has 0 unspecified atom stereocenters. The van der Waals surface area contributed by atoms with Crippen LogP contribution in [-0.4, -0.2) is 21.0 Å². The van der Waals surface area contributed by atoms with Gasteiger partial charge in [0, 0.05) is 5.92 Å². The van der Waals surface area contributed by atoms with Gasteiger partial charge < -0.3 is 5.73 Å². The van der Waals surface area contributed by atoms with Crippen LogP contribution in [0.25, 0.3) is 11.0 Å². The van der Waals surface area contributed by atoms with Crippen LogP contribution in [0, 0.1) is 5.92 Å². The summed E-state index contributed by atoms with van der Waals surface area (Å²) in [7, 11) is 0. The Labute approximate surface area is 85.7 Å². The number of aromatic amines is 1. The SMILES string of the molecule is Nc1cnc2n[nH]c(C(=O)C3CC3)c2c1. The zero-order valence-corrected chi connectivity index (χ0v) is 8.03. The number of anilines is 1. The Morgan fingerprint density at radius 3 is 3.07 bits per heavy atom. The number of nitrogen functional groups attached to an aromatic ring is 1. The third kappa shape index (κ3) is 1.27. The molecule has 0 aliphatic heterocycles. The van der Waals surface area contributed by atoms with Crippen molar-refractivity contribution in [3.63, 3.8) is 0 Å². The Morgan fingerprint density at radius 1 is 1.53 bits per heavy atom. The summed E-state index contributed by atoms with van der Waals surface area (Å²) in [5, 5.41) is 7.45. The van der Waals surface area contributed by atoms with Gasteiger partial charge in [0.1, 0.15) is 5.69 Å². The van der Waals surface area contributed by atoms with Gasteiger partial charge in [0.2, 0.25) is 0 Å². The highest BCUT2D eigenvalue weighted by atomic mass is 16.1. The van der Waals surface area contributed by atoms with E-state index < -0.39 is 0 Å². The maximum atomic E-state index is 11.9. The lowest BCUT2D eigenvalue weighted by atomic mass is 10.1. The molecule has 1 aliphatic rings. The van der Waals surface area contributed by atoms with Crippen LogP contribution in [0.4, 0.5) is 5.69 Å². The Morgan fingerprint density at radius 2 is 2.33 bits per heavy atom. The number of carbonyl (C=O) groups is 1. The molecule has 2 heterocycles. The minimum atomic E-state index is 0.130. The van der Waals surface area contributed by atoms with Crippen molar-refractivity contribution in [3.8, 4) is 0 Å². The fourth-order valence-electron chi connectivity index (χ4n) is 1.65. The summed E-state index contributed by atoms with van der Waals surface area (Å²) in [5.74, 6) is 0.306. The summed E-state index contributed by atoms with van der Waals surface area (Å²) in [6, 6.07) is 1.74. The van der Waals surface area contributed by atoms with Crippen LogP contribution in [-0.2, 0) is 0 Å². The molecule has 2 aromatic rings. The highest BCUT2D eigenvalue weighted by Gasteiger charge is 2.32. The molecular formula is C10H10N4O. The van der Waals surface area contributed by atoms with E-state index in [1.807, 2.05) is 0 Å². The first-order chi connectivity index (χ1) is 7.25. The summed E-state index contributed by atoms with van der Waals surface area (Å²) in [6.45, 7) is 0. The average molecular weight is 202 g/mol. The van der Waals surface area contributed by atoms with Crippen molar-refractivity contribution in [2.45, 2.75) is 12.8 Å². The number of hydrogen-bond acceptors (Lipinski definition) is 4. The van der Waals surface area contributed by atoms with E-state index in [0.29, 0.717) is 17.0 Å². The second-order valence-corrected chi connectivity index (χ2v) is 3.88. The zero-order valence-electron chi connectivity index (χ0n) is 8.03. The molecule has 0 saturated heterocycles. The zero-order chi connectivity index (χ0) is 10.4. The molecule has 1 fully saturated rings. The van der Waals surface area contributed by atoms with Gasteiger partial charge in [0.15, 0.2) is 11.4 Å². The lowest BCUT2D eigenvalue weighted by Gasteiger charge is -1.95. The number of rotatable bonds is 2. The van der Waals surface area contributed by atoms with Crippen LogP contribution in [0.1, 0.15) is 23.3 Å². The van der Waals surface area contributed by atoms with Crippen LogP contribution in [0.5, 0.6) is 0 Å². The second kappa shape index (κ2) is 2.79. The number of nitrogens with zero attached hydrogens (tertiary/aromatic N) is 2. The number of hydrogen-bond donors (Lipinski definition) is 2. The average Bonchev–Trinajstić information content (AvgIpc) is 2.98. The standard InChI is InChI=1S/C10H10N4O/c11-6-3-7-8(9(15)5-1-2-5)13-14-10(7)12-4-6/h3-5H,1-2,11H2,(H,12,13,14). The van der Waals surface area contributed by atoms with E-state index in [4.69, 9.17) is 5.73 Å². The minimum absolute atomic E-state index is 0.130. The summed E-state index contributed by atoms with van der Waals surface area (Å²) in [4.78, 5) is 15.9. The number of aromatic nitrogens is 3. The molecule has 1 saturated carbocycles. The number of ketones is 1. The predicted molar refractivity (Wildman–Crippen MR) is 55.4 cm³/mol. The number of carbonyl (C=O) groups excluding carboxylic acids is 1. The number of Topliss-reactive ketones (excluding diaryl/α,β-unsaturated/α-hetero) is 1. The van der Waals surface area contributed by atoms with Crippen molar-refractivity contribution in [2.75, 3.05) is 5.73 Å². The second-order valence-electron chi connectivity index (χ2n) is 3.88. The van der Waals surface area contributed by atoms with Crippen LogP contribution < -0.4 is 5.73 Å². The maximum absolute atomic E-state index is 11.9. The molecule has 0 radical (unpaired) electrons. The molecular weight excluding hydrogens is 192 g/mol. The van der Waals surface area contributed by atoms with Gasteiger partial charge in [-0.25, -0.2) is 4.98 Å². The quantitative estimate of drug-likeness (QED) is 0.715. The lowest BCUT2D eigenvalue weighted by molar-refractivity contribution is 0.0964. The first-order valence-electron chi connectivity index (χ1n) is 4.89. The maximum Gasteiger partial charge on any atom is 0.184 e. The first kappa shape index (κ1) is 8.40. The summed E-state index contributed by atoms with van der Waals surface area (Å²) < 4.78 is 0. The van der Waals surface area contributed by atoms with Crippen molar-refractivity contribution in [1.82, 2.24) is 15.2 Å². The minimum Gasteiger partial charge on any atom is -0.397 e. The predicted octanol–water partition coefficient (Wildman–Crippen LogP) is 1.13. The molecule has 0 aromatic carbocycles. The molecule has 0 atom stereocenters. The fraction of sp³-hybridized carbons (Fsp3) is 0.300. The fourth-order valence-corrected chi connectivity index (χ4v) is 1.65. The van der Waals surface area contributed by atoms with Gasteiger partial charge in [-0.1, -0.05) is 0 Å². The molecule has 5 heteroatoms. The van der Waals surface area contributed by atoms with E-state index in [0.717, 1.165) is 18.2 Å². The van der Waals surface area contributed by atoms with Crippen molar-refractivity contribution >= 4 is 22.5 Å². The van der Waals surface area contributed by atoms with Crippen molar-refractivity contribution < 1.29 is 4.79 Å². The normalized spacial score (nSPS) is 15.7. The van der Waals surface area contributed by atoms with Gasteiger partial charge in [-0.05, 0) is 18.9 Å². The van der Waals surface area contributed by atoms with Crippen LogP contribution in [0.2, 0.25) is 0 Å². The summed E-state index contributed by atoms with van der Waals surface area (Å²) >= 11 is 0. The largest absolute Gasteiger partial charge is 0.397 e. The van der Waals surface area contributed by atoms with Gasteiger partial charge in [0.05, 0.1) is 17.3 Å². The molecule has 0 spiro atoms. The molecule has 3 N–H and O–H groups in total. The number of nitrogens with two attached hydrogens (primary N) is 1. The Balaban J connectivity index is 2.17. The van der Waals surface area contributed by atoms with Gasteiger partial charge in [-0.3, -0.25) is 9.89 Å². The molecule has 1 aliphatic carbocycles. The van der Waals surface area contributed by atoms with Crippen molar-refractivity contribution in [1.29, 1.82) is 0 Å². The third-order valence-electron chi connectivity index (χ3n) is 2.63. The molecule has 3 rings (SSSR count). The molecule has 2 aromatic heterocycles. The van der Waals surface area contributed by atoms with E-state index in [2.05, 4.69) is 15.2 Å². The van der Waals surface area contributed by atoms with E-state index in [-0.39, 0.29) is 11.7 Å². The third-order valence-corrected chi connectivity index (χ3v) is 2.63. The smallest absolute Gasteiger partial charge is 0.184 e. The molecule has 76 valence electrons. The highest BCUT2D eigenvalue weighted by molar-refractivity contribution is 6.07. The number of fused-ring (bicyclic) bond motifs is 1. The molecule has 5 nitrogen and oxygen atoms in total. The summed E-state index contributed by atoms with van der Waals surface area (Å²) in [5.41, 5.74) is 7.28. The number of H-pyrrole nitrogens is 1. The molecule has 0 amide bonds. The van der Waals surface area contributed by atoms with Crippen LogP contribution in [0.3, 0.4) is 0 Å². The lowest BCUT2D eigenvalue weighted by Crippen LogP contribution is -2.02. The van der Waals surface area contributed by atoms with Crippen LogP contribution in [0.15, 0.2) is 12.3 Å². The van der Waals surface area contributed by atoms with E-state index in [1.54, 1.807) is 6.07 Å². The van der Waals surface area contributed by atoms with Gasteiger partial charge in [-0.15, -0.1) is 0 Å². The molecule has 0 bridgehead atoms. The van der Waals surface area contributed by atoms with Gasteiger partial charge >= 0.3 is 0 Å². The van der Waals surface area contributed by atoms with Gasteiger partial charge in [-0.2, -0.15) is 5.10 Å². The van der Waals surface area contributed by atoms with E-state index in [1.165, 1.54) is 6.20 Å². The Kier molecular flexibility index (Phi) is 1.56. The van der Waals surface area contributed by atoms with Gasteiger partial charge in [0.25, 0.3) is 0 Å². The monoisotopic (exact) mass is 202 g/mol. The summed E-state index contributed by atoms with van der Waals surface area (Å²) in [6.07, 6.45) is 3.50. The van der Waals surface area contributed by atoms with E-state index >= 15 is 0 Å². The van der Waals surface area contributed by atoms with Crippen LogP contribution >= 0.6 is 0 Å². The number of pyridine rings is 1.